The molecule has 2 aromatic carbocycles. The molecule has 4 rings (SSSR count). The molecule has 0 saturated carbocycles. The number of aryl methyl sites for hydroxylation is 3. The van der Waals surface area contributed by atoms with E-state index in [2.05, 4.69) is 0 Å². The third-order valence-electron chi connectivity index (χ3n) is 5.85. The summed E-state index contributed by atoms with van der Waals surface area (Å²) in [5, 5.41) is 0.926. The molecule has 0 unspecified atom stereocenters. The van der Waals surface area contributed by atoms with E-state index >= 15 is 0 Å². The molecule has 1 saturated heterocycles. The zero-order valence-corrected chi connectivity index (χ0v) is 17.8. The summed E-state index contributed by atoms with van der Waals surface area (Å²) in [4.78, 5) is 15.2. The highest BCUT2D eigenvalue weighted by Crippen LogP contribution is 2.30. The van der Waals surface area contributed by atoms with Gasteiger partial charge in [-0.25, -0.2) is 8.42 Å². The van der Waals surface area contributed by atoms with Crippen LogP contribution >= 0.6 is 0 Å². The van der Waals surface area contributed by atoms with Crippen LogP contribution in [-0.4, -0.2) is 36.8 Å². The number of fused-ring (bicyclic) bond motifs is 1. The molecular formula is C23H25NO4S. The van der Waals surface area contributed by atoms with Gasteiger partial charge in [0.05, 0.1) is 11.5 Å². The summed E-state index contributed by atoms with van der Waals surface area (Å²) >= 11 is 0. The Morgan fingerprint density at radius 1 is 1.10 bits per heavy atom. The van der Waals surface area contributed by atoms with Crippen LogP contribution in [0, 0.1) is 20.8 Å². The maximum absolute atomic E-state index is 13.5. The average Bonchev–Trinajstić information content (AvgIpc) is 3.20. The highest BCUT2D eigenvalue weighted by Gasteiger charge is 2.36. The normalized spacial score (nSPS) is 18.2. The number of benzene rings is 2. The Morgan fingerprint density at radius 2 is 1.79 bits per heavy atom. The molecule has 1 aliphatic rings. The van der Waals surface area contributed by atoms with Crippen LogP contribution in [-0.2, 0) is 16.4 Å². The van der Waals surface area contributed by atoms with E-state index in [1.807, 2.05) is 63.2 Å². The minimum Gasteiger partial charge on any atom is -0.451 e. The summed E-state index contributed by atoms with van der Waals surface area (Å²) < 4.78 is 30.1. The minimum absolute atomic E-state index is 0.00304. The molecule has 5 nitrogen and oxygen atoms in total. The van der Waals surface area contributed by atoms with Crippen molar-refractivity contribution in [2.75, 3.05) is 11.5 Å². The van der Waals surface area contributed by atoms with E-state index in [9.17, 15) is 13.2 Å². The van der Waals surface area contributed by atoms with E-state index in [1.165, 1.54) is 0 Å². The van der Waals surface area contributed by atoms with Crippen LogP contribution in [0.3, 0.4) is 0 Å². The Bertz CT molecular complexity index is 1180. The van der Waals surface area contributed by atoms with Crippen LogP contribution in [0.15, 0.2) is 46.9 Å². The van der Waals surface area contributed by atoms with Crippen LogP contribution in [0.25, 0.3) is 11.0 Å². The summed E-state index contributed by atoms with van der Waals surface area (Å²) in [7, 11) is -3.12. The lowest BCUT2D eigenvalue weighted by atomic mass is 10.0. The molecule has 1 aromatic heterocycles. The first-order valence-corrected chi connectivity index (χ1v) is 11.6. The molecule has 1 atom stereocenters. The molecule has 1 aliphatic heterocycles. The van der Waals surface area contributed by atoms with Gasteiger partial charge in [0.1, 0.15) is 5.58 Å². The molecule has 0 aliphatic carbocycles. The van der Waals surface area contributed by atoms with Crippen molar-refractivity contribution in [3.05, 3.63) is 70.5 Å². The largest absolute Gasteiger partial charge is 0.451 e. The number of hydrogen-bond donors (Lipinski definition) is 0. The fourth-order valence-corrected chi connectivity index (χ4v) is 5.71. The van der Waals surface area contributed by atoms with Crippen LogP contribution in [0.2, 0.25) is 0 Å². The van der Waals surface area contributed by atoms with Gasteiger partial charge in [-0.15, -0.1) is 0 Å². The van der Waals surface area contributed by atoms with E-state index in [0.717, 1.165) is 27.6 Å². The van der Waals surface area contributed by atoms with E-state index in [-0.39, 0.29) is 23.5 Å². The van der Waals surface area contributed by atoms with Crippen molar-refractivity contribution >= 4 is 26.7 Å². The second-order valence-electron chi connectivity index (χ2n) is 7.96. The third kappa shape index (κ3) is 3.81. The zero-order chi connectivity index (χ0) is 20.8. The quantitative estimate of drug-likeness (QED) is 0.646. The average molecular weight is 412 g/mol. The van der Waals surface area contributed by atoms with Gasteiger partial charge in [-0.2, -0.15) is 0 Å². The van der Waals surface area contributed by atoms with Gasteiger partial charge in [-0.1, -0.05) is 30.3 Å². The molecule has 3 aromatic rings. The molecule has 29 heavy (non-hydrogen) atoms. The van der Waals surface area contributed by atoms with Crippen molar-refractivity contribution in [3.8, 4) is 0 Å². The van der Waals surface area contributed by atoms with Crippen LogP contribution in [0.5, 0.6) is 0 Å². The Hall–Kier alpha value is -2.60. The fourth-order valence-electron chi connectivity index (χ4n) is 3.98. The van der Waals surface area contributed by atoms with Crippen LogP contribution < -0.4 is 0 Å². The second kappa shape index (κ2) is 7.34. The molecule has 1 fully saturated rings. The van der Waals surface area contributed by atoms with E-state index in [1.54, 1.807) is 4.90 Å². The smallest absolute Gasteiger partial charge is 0.290 e. The number of carbonyl (C=O) groups is 1. The zero-order valence-electron chi connectivity index (χ0n) is 16.9. The molecule has 0 N–H and O–H groups in total. The summed E-state index contributed by atoms with van der Waals surface area (Å²) in [6.07, 6.45) is 0.457. The lowest BCUT2D eigenvalue weighted by Crippen LogP contribution is -2.40. The number of furan rings is 1. The highest BCUT2D eigenvalue weighted by molar-refractivity contribution is 7.91. The maximum Gasteiger partial charge on any atom is 0.290 e. The van der Waals surface area contributed by atoms with Crippen molar-refractivity contribution in [3.63, 3.8) is 0 Å². The first-order chi connectivity index (χ1) is 13.7. The van der Waals surface area contributed by atoms with E-state index in [0.29, 0.717) is 24.3 Å². The van der Waals surface area contributed by atoms with Crippen molar-refractivity contribution in [2.24, 2.45) is 0 Å². The van der Waals surface area contributed by atoms with Crippen molar-refractivity contribution in [1.82, 2.24) is 4.90 Å². The summed E-state index contributed by atoms with van der Waals surface area (Å²) in [5.74, 6) is 0.168. The monoisotopic (exact) mass is 411 g/mol. The first-order valence-electron chi connectivity index (χ1n) is 9.81. The van der Waals surface area contributed by atoms with E-state index in [4.69, 9.17) is 4.42 Å². The van der Waals surface area contributed by atoms with Gasteiger partial charge in [0.2, 0.25) is 0 Å². The number of amides is 1. The van der Waals surface area contributed by atoms with E-state index < -0.39 is 9.84 Å². The van der Waals surface area contributed by atoms with Gasteiger partial charge in [-0.3, -0.25) is 4.79 Å². The topological polar surface area (TPSA) is 67.6 Å². The minimum atomic E-state index is -3.12. The molecule has 152 valence electrons. The molecule has 0 spiro atoms. The van der Waals surface area contributed by atoms with Gasteiger partial charge < -0.3 is 9.32 Å². The number of sulfone groups is 1. The van der Waals surface area contributed by atoms with Gasteiger partial charge in [0, 0.05) is 23.5 Å². The number of rotatable bonds is 4. The predicted molar refractivity (Wildman–Crippen MR) is 114 cm³/mol. The van der Waals surface area contributed by atoms with Gasteiger partial charge in [-0.05, 0) is 56.0 Å². The first kappa shape index (κ1) is 19.7. The Balaban J connectivity index is 1.75. The predicted octanol–water partition coefficient (Wildman–Crippen LogP) is 4.19. The summed E-state index contributed by atoms with van der Waals surface area (Å²) in [5.41, 5.74) is 4.70. The second-order valence-corrected chi connectivity index (χ2v) is 10.2. The molecule has 2 heterocycles. The Morgan fingerprint density at radius 3 is 2.45 bits per heavy atom. The third-order valence-corrected chi connectivity index (χ3v) is 7.60. The lowest BCUT2D eigenvalue weighted by molar-refractivity contribution is 0.0649. The van der Waals surface area contributed by atoms with Crippen molar-refractivity contribution in [1.29, 1.82) is 0 Å². The van der Waals surface area contributed by atoms with Crippen LogP contribution in [0.1, 0.15) is 39.2 Å². The van der Waals surface area contributed by atoms with Gasteiger partial charge in [0.15, 0.2) is 15.6 Å². The maximum atomic E-state index is 13.5. The molecule has 0 radical (unpaired) electrons. The van der Waals surface area contributed by atoms with Crippen molar-refractivity contribution < 1.29 is 17.6 Å². The SMILES string of the molecule is Cc1cc2oc(C(=O)N(Cc3ccccc3)[C@H]3CCS(=O)(=O)C3)c(C)c2cc1C. The standard InChI is InChI=1S/C23H25NO4S/c1-15-11-20-17(3)22(28-21(20)12-16(15)2)23(25)24(13-18-7-5-4-6-8-18)19-9-10-29(26,27)14-19/h4-8,11-12,19H,9-10,13-14H2,1-3H3/t19-/m0/s1. The summed E-state index contributed by atoms with van der Waals surface area (Å²) in [6, 6.07) is 13.3. The highest BCUT2D eigenvalue weighted by atomic mass is 32.2. The number of hydrogen-bond acceptors (Lipinski definition) is 4. The van der Waals surface area contributed by atoms with Gasteiger partial charge in [0.25, 0.3) is 5.91 Å². The Labute approximate surface area is 171 Å². The molecular weight excluding hydrogens is 386 g/mol. The molecule has 0 bridgehead atoms. The molecule has 1 amide bonds. The Kier molecular flexibility index (Phi) is 4.99. The lowest BCUT2D eigenvalue weighted by Gasteiger charge is -2.28. The number of carbonyl (C=O) groups excluding carboxylic acids is 1. The summed E-state index contributed by atoms with van der Waals surface area (Å²) in [6.45, 7) is 6.29. The number of nitrogens with zero attached hydrogens (tertiary/aromatic N) is 1. The van der Waals surface area contributed by atoms with Gasteiger partial charge >= 0.3 is 0 Å². The van der Waals surface area contributed by atoms with Crippen LogP contribution in [0.4, 0.5) is 0 Å². The molecule has 6 heteroatoms. The van der Waals surface area contributed by atoms with Crippen molar-refractivity contribution in [2.45, 2.75) is 39.8 Å². The fraction of sp³-hybridized carbons (Fsp3) is 0.348.